The van der Waals surface area contributed by atoms with Crippen LogP contribution >= 0.6 is 12.4 Å². The molecule has 0 spiro atoms. The Bertz CT molecular complexity index is 283. The summed E-state index contributed by atoms with van der Waals surface area (Å²) in [6.45, 7) is 2.63. The Morgan fingerprint density at radius 3 is 2.60 bits per heavy atom. The van der Waals surface area contributed by atoms with Crippen molar-refractivity contribution in [3.05, 3.63) is 29.8 Å². The molecule has 15 heavy (non-hydrogen) atoms. The predicted molar refractivity (Wildman–Crippen MR) is 61.8 cm³/mol. The largest absolute Gasteiger partial charge is 0.497 e. The molecule has 0 unspecified atom stereocenters. The van der Waals surface area contributed by atoms with Gasteiger partial charge in [-0.3, -0.25) is 0 Å². The van der Waals surface area contributed by atoms with Gasteiger partial charge in [0.25, 0.3) is 0 Å². The minimum absolute atomic E-state index is 0. The first kappa shape index (κ1) is 12.3. The Hall–Kier alpha value is -0.770. The van der Waals surface area contributed by atoms with Gasteiger partial charge < -0.3 is 14.8 Å². The molecule has 0 bridgehead atoms. The number of nitrogens with one attached hydrogen (secondary N) is 1. The van der Waals surface area contributed by atoms with Crippen LogP contribution in [-0.2, 0) is 4.74 Å². The molecule has 0 aliphatic carbocycles. The Kier molecular flexibility index (Phi) is 4.88. The number of hydrogen-bond donors (Lipinski definition) is 1. The summed E-state index contributed by atoms with van der Waals surface area (Å²) in [4.78, 5) is 0. The minimum atomic E-state index is 0. The quantitative estimate of drug-likeness (QED) is 0.839. The summed E-state index contributed by atoms with van der Waals surface area (Å²) in [5, 5.41) is 3.31. The molecule has 1 aliphatic heterocycles. The molecule has 3 nitrogen and oxygen atoms in total. The molecule has 0 aromatic heterocycles. The van der Waals surface area contributed by atoms with E-state index in [0.717, 1.165) is 25.4 Å². The van der Waals surface area contributed by atoms with Gasteiger partial charge in [0.05, 0.1) is 19.8 Å². The molecule has 4 heteroatoms. The lowest BCUT2D eigenvalue weighted by atomic mass is 10.1. The van der Waals surface area contributed by atoms with E-state index in [4.69, 9.17) is 9.47 Å². The van der Waals surface area contributed by atoms with E-state index >= 15 is 0 Å². The molecule has 1 aromatic rings. The fraction of sp³-hybridized carbons (Fsp3) is 0.455. The molecule has 1 aromatic carbocycles. The van der Waals surface area contributed by atoms with Gasteiger partial charge in [-0.15, -0.1) is 12.4 Å². The van der Waals surface area contributed by atoms with Crippen LogP contribution in [0.4, 0.5) is 0 Å². The van der Waals surface area contributed by atoms with Crippen molar-refractivity contribution in [2.45, 2.75) is 6.10 Å². The topological polar surface area (TPSA) is 30.5 Å². The monoisotopic (exact) mass is 229 g/mol. The van der Waals surface area contributed by atoms with Crippen LogP contribution in [0.1, 0.15) is 11.7 Å². The van der Waals surface area contributed by atoms with Gasteiger partial charge in [-0.2, -0.15) is 0 Å². The second-order valence-corrected chi connectivity index (χ2v) is 3.34. The molecule has 1 fully saturated rings. The van der Waals surface area contributed by atoms with Crippen molar-refractivity contribution >= 4 is 12.4 Å². The van der Waals surface area contributed by atoms with E-state index < -0.39 is 0 Å². The van der Waals surface area contributed by atoms with E-state index in [-0.39, 0.29) is 18.5 Å². The Balaban J connectivity index is 0.00000112. The summed E-state index contributed by atoms with van der Waals surface area (Å²) >= 11 is 0. The zero-order chi connectivity index (χ0) is 9.80. The van der Waals surface area contributed by atoms with Gasteiger partial charge in [0.15, 0.2) is 0 Å². The third kappa shape index (κ3) is 3.09. The second kappa shape index (κ2) is 5.95. The summed E-state index contributed by atoms with van der Waals surface area (Å²) in [5.74, 6) is 0.887. The predicted octanol–water partition coefficient (Wildman–Crippen LogP) is 1.78. The fourth-order valence-corrected chi connectivity index (χ4v) is 1.60. The molecule has 0 radical (unpaired) electrons. The smallest absolute Gasteiger partial charge is 0.118 e. The Morgan fingerprint density at radius 2 is 2.07 bits per heavy atom. The number of hydrogen-bond acceptors (Lipinski definition) is 3. The first-order chi connectivity index (χ1) is 6.90. The number of morpholine rings is 1. The van der Waals surface area contributed by atoms with Crippen molar-refractivity contribution in [2.75, 3.05) is 26.8 Å². The number of halogens is 1. The molecule has 2 rings (SSSR count). The van der Waals surface area contributed by atoms with Crippen LogP contribution < -0.4 is 10.1 Å². The van der Waals surface area contributed by atoms with Crippen LogP contribution in [0.25, 0.3) is 0 Å². The molecule has 1 saturated heterocycles. The van der Waals surface area contributed by atoms with Gasteiger partial charge in [0.1, 0.15) is 5.75 Å². The summed E-state index contributed by atoms with van der Waals surface area (Å²) in [6.07, 6.45) is 0.189. The molecule has 0 saturated carbocycles. The first-order valence-electron chi connectivity index (χ1n) is 4.86. The van der Waals surface area contributed by atoms with Crippen LogP contribution in [0.3, 0.4) is 0 Å². The van der Waals surface area contributed by atoms with Crippen molar-refractivity contribution in [1.82, 2.24) is 5.32 Å². The molecule has 1 heterocycles. The highest BCUT2D eigenvalue weighted by molar-refractivity contribution is 5.85. The Morgan fingerprint density at radius 1 is 1.33 bits per heavy atom. The number of methoxy groups -OCH3 is 1. The molecular formula is C11H16ClNO2. The highest BCUT2D eigenvalue weighted by Crippen LogP contribution is 2.21. The highest BCUT2D eigenvalue weighted by Gasteiger charge is 2.14. The minimum Gasteiger partial charge on any atom is -0.497 e. The van der Waals surface area contributed by atoms with Crippen LogP contribution in [-0.4, -0.2) is 26.8 Å². The van der Waals surface area contributed by atoms with Gasteiger partial charge >= 0.3 is 0 Å². The maximum Gasteiger partial charge on any atom is 0.118 e. The number of rotatable bonds is 2. The normalized spacial score (nSPS) is 20.5. The lowest BCUT2D eigenvalue weighted by Crippen LogP contribution is -2.33. The maximum absolute atomic E-state index is 5.63. The average Bonchev–Trinajstić information content (AvgIpc) is 2.30. The molecule has 84 valence electrons. The van der Waals surface area contributed by atoms with Crippen LogP contribution in [0.2, 0.25) is 0 Å². The van der Waals surface area contributed by atoms with Crippen molar-refractivity contribution in [3.8, 4) is 5.75 Å². The fourth-order valence-electron chi connectivity index (χ4n) is 1.60. The van der Waals surface area contributed by atoms with Crippen LogP contribution in [0.5, 0.6) is 5.75 Å². The van der Waals surface area contributed by atoms with E-state index in [9.17, 15) is 0 Å². The SMILES string of the molecule is COc1ccc([C@H]2CNCCO2)cc1.Cl. The lowest BCUT2D eigenvalue weighted by molar-refractivity contribution is 0.0277. The molecule has 1 aliphatic rings. The average molecular weight is 230 g/mol. The third-order valence-electron chi connectivity index (χ3n) is 2.42. The maximum atomic E-state index is 5.63. The van der Waals surface area contributed by atoms with Crippen molar-refractivity contribution in [3.63, 3.8) is 0 Å². The molecular weight excluding hydrogens is 214 g/mol. The lowest BCUT2D eigenvalue weighted by Gasteiger charge is -2.23. The zero-order valence-corrected chi connectivity index (χ0v) is 9.55. The molecule has 1 N–H and O–H groups in total. The summed E-state index contributed by atoms with van der Waals surface area (Å²) in [7, 11) is 1.67. The van der Waals surface area contributed by atoms with Gasteiger partial charge in [-0.1, -0.05) is 12.1 Å². The van der Waals surface area contributed by atoms with Gasteiger partial charge in [0, 0.05) is 13.1 Å². The molecule has 0 amide bonds. The summed E-state index contributed by atoms with van der Waals surface area (Å²) in [5.41, 5.74) is 1.21. The number of benzene rings is 1. The standard InChI is InChI=1S/C11H15NO2.ClH/c1-13-10-4-2-9(3-5-10)11-8-12-6-7-14-11;/h2-5,11-12H,6-8H2,1H3;1H/t11-;/m1./s1. The van der Waals surface area contributed by atoms with Gasteiger partial charge in [0.2, 0.25) is 0 Å². The first-order valence-corrected chi connectivity index (χ1v) is 4.86. The van der Waals surface area contributed by atoms with Crippen molar-refractivity contribution < 1.29 is 9.47 Å². The molecule has 1 atom stereocenters. The van der Waals surface area contributed by atoms with E-state index in [1.165, 1.54) is 5.56 Å². The number of ether oxygens (including phenoxy) is 2. The van der Waals surface area contributed by atoms with E-state index in [1.54, 1.807) is 7.11 Å². The van der Waals surface area contributed by atoms with Gasteiger partial charge in [-0.25, -0.2) is 0 Å². The summed E-state index contributed by atoms with van der Waals surface area (Å²) < 4.78 is 10.7. The zero-order valence-electron chi connectivity index (χ0n) is 8.73. The van der Waals surface area contributed by atoms with Crippen molar-refractivity contribution in [2.24, 2.45) is 0 Å². The van der Waals surface area contributed by atoms with Crippen LogP contribution in [0, 0.1) is 0 Å². The van der Waals surface area contributed by atoms with E-state index in [1.807, 2.05) is 12.1 Å². The van der Waals surface area contributed by atoms with Gasteiger partial charge in [-0.05, 0) is 17.7 Å². The third-order valence-corrected chi connectivity index (χ3v) is 2.42. The highest BCUT2D eigenvalue weighted by atomic mass is 35.5. The van der Waals surface area contributed by atoms with Crippen LogP contribution in [0.15, 0.2) is 24.3 Å². The second-order valence-electron chi connectivity index (χ2n) is 3.34. The Labute approximate surface area is 96.2 Å². The summed E-state index contributed by atoms with van der Waals surface area (Å²) in [6, 6.07) is 8.04. The van der Waals surface area contributed by atoms with Crippen molar-refractivity contribution in [1.29, 1.82) is 0 Å². The van der Waals surface area contributed by atoms with E-state index in [2.05, 4.69) is 17.4 Å². The van der Waals surface area contributed by atoms with E-state index in [0.29, 0.717) is 0 Å².